The van der Waals surface area contributed by atoms with Crippen molar-refractivity contribution in [3.8, 4) is 5.75 Å². The van der Waals surface area contributed by atoms with E-state index in [9.17, 15) is 0 Å². The molecule has 306 valence electrons. The van der Waals surface area contributed by atoms with Gasteiger partial charge in [-0.05, 0) is 134 Å². The first kappa shape index (κ1) is 43.8. The summed E-state index contributed by atoms with van der Waals surface area (Å²) < 4.78 is 8.49. The molecule has 7 nitrogen and oxygen atoms in total. The molecular weight excluding hydrogens is 741 g/mol. The minimum atomic E-state index is 0.637. The van der Waals surface area contributed by atoms with E-state index in [0.717, 1.165) is 84.6 Å². The van der Waals surface area contributed by atoms with Gasteiger partial charge in [0.05, 0.1) is 32.9 Å². The summed E-state index contributed by atoms with van der Waals surface area (Å²) in [4.78, 5) is 14.9. The van der Waals surface area contributed by atoms with E-state index in [-0.39, 0.29) is 0 Å². The summed E-state index contributed by atoms with van der Waals surface area (Å²) in [5, 5.41) is 9.09. The van der Waals surface area contributed by atoms with Crippen LogP contribution >= 0.6 is 22.7 Å². The highest BCUT2D eigenvalue weighted by Gasteiger charge is 2.21. The lowest BCUT2D eigenvalue weighted by atomic mass is 10.1. The van der Waals surface area contributed by atoms with Gasteiger partial charge in [0.2, 0.25) is 0 Å². The van der Waals surface area contributed by atoms with Crippen LogP contribution in [0.2, 0.25) is 0 Å². The van der Waals surface area contributed by atoms with Crippen LogP contribution in [-0.4, -0.2) is 42.8 Å². The molecule has 2 N–H and O–H groups in total. The van der Waals surface area contributed by atoms with Gasteiger partial charge < -0.3 is 25.2 Å². The smallest absolute Gasteiger partial charge is 0.188 e. The average Bonchev–Trinajstić information content (AvgIpc) is 3.76. The summed E-state index contributed by atoms with van der Waals surface area (Å²) in [5.74, 6) is 0.878. The van der Waals surface area contributed by atoms with Gasteiger partial charge in [0, 0.05) is 37.6 Å². The topological polar surface area (TPSA) is 65.5 Å². The molecule has 0 aliphatic rings. The Morgan fingerprint density at radius 3 is 1.42 bits per heavy atom. The first-order valence-corrected chi connectivity index (χ1v) is 22.6. The molecule has 6 rings (SSSR count). The fraction of sp³-hybridized carbons (Fsp3) is 0.458. The number of aryl methyl sites for hydroxylation is 8. The SMILES string of the molecule is CCCN(CCC)c1c(C)cc(OCC)c2nc(Nc3c(C)cc(C)cc3C)sc12.CCCN(CCC)c1c(C)ccc2nc(Nc3c(C)cc(C)cc3C)sc12. The maximum Gasteiger partial charge on any atom is 0.188 e. The Kier molecular flexibility index (Phi) is 15.3. The minimum absolute atomic E-state index is 0.637. The normalized spacial score (nSPS) is 11.2. The number of anilines is 6. The van der Waals surface area contributed by atoms with E-state index in [1.165, 1.54) is 71.0 Å². The molecule has 0 bridgehead atoms. The number of benzene rings is 4. The molecule has 9 heteroatoms. The molecule has 0 radical (unpaired) electrons. The van der Waals surface area contributed by atoms with Gasteiger partial charge in [-0.2, -0.15) is 0 Å². The summed E-state index contributed by atoms with van der Waals surface area (Å²) >= 11 is 3.50. The van der Waals surface area contributed by atoms with Gasteiger partial charge in [0.25, 0.3) is 0 Å². The highest BCUT2D eigenvalue weighted by atomic mass is 32.1. The van der Waals surface area contributed by atoms with Crippen LogP contribution in [0.3, 0.4) is 0 Å². The molecule has 0 saturated carbocycles. The standard InChI is InChI=1S/C25H35N3OS.C23H31N3S/c1-8-11-28(12-9-2)23-19(7)15-20(29-10-3)22-24(23)30-25(27-22)26-21-17(5)13-16(4)14-18(21)6;1-7-11-26(12-8-2)21-16(4)9-10-19-22(21)27-23(24-19)25-20-17(5)13-15(3)14-18(20)6/h13-15H,8-12H2,1-7H3,(H,26,27);9-10,13-14H,7-8,11-12H2,1-6H3,(H,24,25). The van der Waals surface area contributed by atoms with Crippen molar-refractivity contribution >= 4 is 76.1 Å². The number of thiazole rings is 2. The molecule has 0 fully saturated rings. The fourth-order valence-corrected chi connectivity index (χ4v) is 10.3. The fourth-order valence-electron chi connectivity index (χ4n) is 8.11. The summed E-state index contributed by atoms with van der Waals surface area (Å²) in [6.45, 7) is 33.3. The number of rotatable bonds is 16. The lowest BCUT2D eigenvalue weighted by molar-refractivity contribution is 0.343. The van der Waals surface area contributed by atoms with Crippen molar-refractivity contribution in [1.82, 2.24) is 9.97 Å². The Hall–Kier alpha value is -4.34. The number of fused-ring (bicyclic) bond motifs is 2. The van der Waals surface area contributed by atoms with E-state index in [4.69, 9.17) is 14.7 Å². The summed E-state index contributed by atoms with van der Waals surface area (Å²) in [6.07, 6.45) is 4.56. The predicted molar refractivity (Wildman–Crippen MR) is 253 cm³/mol. The van der Waals surface area contributed by atoms with E-state index < -0.39 is 0 Å². The Morgan fingerprint density at radius 2 is 0.965 bits per heavy atom. The molecule has 6 aromatic rings. The average molecular weight is 807 g/mol. The van der Waals surface area contributed by atoms with Gasteiger partial charge in [-0.25, -0.2) is 9.97 Å². The zero-order chi connectivity index (χ0) is 41.4. The Balaban J connectivity index is 0.000000219. The third-order valence-electron chi connectivity index (χ3n) is 10.3. The number of hydrogen-bond acceptors (Lipinski definition) is 9. The Morgan fingerprint density at radius 1 is 0.526 bits per heavy atom. The lowest BCUT2D eigenvalue weighted by Gasteiger charge is -2.26. The second-order valence-corrected chi connectivity index (χ2v) is 17.5. The van der Waals surface area contributed by atoms with Crippen LogP contribution in [0.15, 0.2) is 42.5 Å². The van der Waals surface area contributed by atoms with Crippen molar-refractivity contribution in [2.45, 2.75) is 116 Å². The number of nitrogens with one attached hydrogen (secondary N) is 2. The van der Waals surface area contributed by atoms with Crippen molar-refractivity contribution < 1.29 is 4.74 Å². The van der Waals surface area contributed by atoms with Gasteiger partial charge in [0.1, 0.15) is 11.3 Å². The van der Waals surface area contributed by atoms with Crippen molar-refractivity contribution in [3.63, 3.8) is 0 Å². The van der Waals surface area contributed by atoms with E-state index in [2.05, 4.69) is 146 Å². The van der Waals surface area contributed by atoms with Crippen molar-refractivity contribution in [3.05, 3.63) is 87.0 Å². The van der Waals surface area contributed by atoms with E-state index in [1.54, 1.807) is 22.7 Å². The van der Waals surface area contributed by atoms with E-state index in [1.807, 2.05) is 6.92 Å². The third kappa shape index (κ3) is 10.2. The molecule has 2 aromatic heterocycles. The molecular formula is C48H66N6OS2. The number of hydrogen-bond donors (Lipinski definition) is 2. The quantitative estimate of drug-likeness (QED) is 0.101. The predicted octanol–water partition coefficient (Wildman–Crippen LogP) is 14.2. The summed E-state index contributed by atoms with van der Waals surface area (Å²) in [7, 11) is 0. The zero-order valence-corrected chi connectivity index (χ0v) is 38.6. The Bertz CT molecular complexity index is 2230. The maximum absolute atomic E-state index is 5.98. The summed E-state index contributed by atoms with van der Waals surface area (Å²) in [6, 6.07) is 15.4. The van der Waals surface area contributed by atoms with Gasteiger partial charge in [-0.15, -0.1) is 0 Å². The maximum atomic E-state index is 5.98. The first-order valence-electron chi connectivity index (χ1n) is 21.0. The van der Waals surface area contributed by atoms with Crippen molar-refractivity contribution in [2.24, 2.45) is 0 Å². The van der Waals surface area contributed by atoms with Crippen LogP contribution in [0.5, 0.6) is 5.75 Å². The molecule has 4 aromatic carbocycles. The van der Waals surface area contributed by atoms with E-state index in [0.29, 0.717) is 6.61 Å². The number of nitrogens with zero attached hydrogens (tertiary/aromatic N) is 4. The van der Waals surface area contributed by atoms with Crippen LogP contribution < -0.4 is 25.2 Å². The van der Waals surface area contributed by atoms with Crippen LogP contribution in [0.25, 0.3) is 20.4 Å². The highest BCUT2D eigenvalue weighted by Crippen LogP contribution is 2.44. The van der Waals surface area contributed by atoms with Crippen LogP contribution in [0.4, 0.5) is 33.0 Å². The molecule has 0 atom stereocenters. The molecule has 0 spiro atoms. The van der Waals surface area contributed by atoms with Crippen LogP contribution in [-0.2, 0) is 0 Å². The minimum Gasteiger partial charge on any atom is -0.492 e. The molecule has 2 heterocycles. The van der Waals surface area contributed by atoms with Crippen LogP contribution in [0, 0.1) is 55.4 Å². The van der Waals surface area contributed by atoms with Crippen molar-refractivity contribution in [1.29, 1.82) is 0 Å². The zero-order valence-electron chi connectivity index (χ0n) is 36.9. The highest BCUT2D eigenvalue weighted by molar-refractivity contribution is 7.23. The van der Waals surface area contributed by atoms with Crippen molar-refractivity contribution in [2.75, 3.05) is 53.2 Å². The molecule has 0 aliphatic heterocycles. The number of aromatic nitrogens is 2. The number of ether oxygens (including phenoxy) is 1. The molecule has 0 unspecified atom stereocenters. The van der Waals surface area contributed by atoms with E-state index >= 15 is 0 Å². The van der Waals surface area contributed by atoms with Gasteiger partial charge in [0.15, 0.2) is 10.3 Å². The van der Waals surface area contributed by atoms with Gasteiger partial charge in [-0.1, -0.05) is 91.8 Å². The second-order valence-electron chi connectivity index (χ2n) is 15.5. The molecule has 57 heavy (non-hydrogen) atoms. The first-order chi connectivity index (χ1) is 27.3. The monoisotopic (exact) mass is 806 g/mol. The molecule has 0 amide bonds. The summed E-state index contributed by atoms with van der Waals surface area (Å²) in [5.41, 5.74) is 17.2. The Labute approximate surface area is 350 Å². The van der Waals surface area contributed by atoms with Crippen LogP contribution in [0.1, 0.15) is 105 Å². The van der Waals surface area contributed by atoms with Gasteiger partial charge >= 0.3 is 0 Å². The second kappa shape index (κ2) is 19.9. The van der Waals surface area contributed by atoms with Gasteiger partial charge in [-0.3, -0.25) is 0 Å². The third-order valence-corrected chi connectivity index (χ3v) is 12.2. The molecule has 0 aliphatic carbocycles. The lowest BCUT2D eigenvalue weighted by Crippen LogP contribution is -2.25. The molecule has 0 saturated heterocycles. The largest absolute Gasteiger partial charge is 0.492 e.